The lowest BCUT2D eigenvalue weighted by Crippen LogP contribution is -2.22. The number of aryl methyl sites for hydroxylation is 1. The van der Waals surface area contributed by atoms with Crippen LogP contribution in [0.1, 0.15) is 12.7 Å². The number of hydrogen-bond acceptors (Lipinski definition) is 4. The van der Waals surface area contributed by atoms with Gasteiger partial charge in [0.05, 0.1) is 12.5 Å². The highest BCUT2D eigenvalue weighted by molar-refractivity contribution is 7.17. The van der Waals surface area contributed by atoms with Crippen molar-refractivity contribution in [2.45, 2.75) is 20.4 Å². The van der Waals surface area contributed by atoms with Gasteiger partial charge in [0, 0.05) is 17.5 Å². The second-order valence-electron chi connectivity index (χ2n) is 4.77. The van der Waals surface area contributed by atoms with Gasteiger partial charge in [-0.15, -0.1) is 11.3 Å². The predicted molar refractivity (Wildman–Crippen MR) is 86.3 cm³/mol. The number of fused-ring (bicyclic) bond motifs is 1. The van der Waals surface area contributed by atoms with Crippen molar-refractivity contribution in [3.63, 3.8) is 0 Å². The molecule has 0 spiro atoms. The van der Waals surface area contributed by atoms with Crippen LogP contribution in [-0.4, -0.2) is 16.7 Å². The number of benzene rings is 1. The van der Waals surface area contributed by atoms with Crippen molar-refractivity contribution in [3.8, 4) is 16.9 Å². The third-order valence-electron chi connectivity index (χ3n) is 3.60. The highest BCUT2D eigenvalue weighted by Crippen LogP contribution is 2.31. The zero-order valence-electron chi connectivity index (χ0n) is 12.2. The van der Waals surface area contributed by atoms with Gasteiger partial charge in [-0.2, -0.15) is 0 Å². The van der Waals surface area contributed by atoms with Crippen molar-refractivity contribution in [3.05, 3.63) is 45.8 Å². The average molecular weight is 300 g/mol. The average Bonchev–Trinajstić information content (AvgIpc) is 2.91. The molecule has 0 fully saturated rings. The fourth-order valence-electron chi connectivity index (χ4n) is 2.48. The molecule has 0 aliphatic heterocycles. The van der Waals surface area contributed by atoms with Gasteiger partial charge in [0.1, 0.15) is 16.4 Å². The summed E-state index contributed by atoms with van der Waals surface area (Å²) >= 11 is 1.51. The molecule has 4 nitrogen and oxygen atoms in total. The molecule has 0 aliphatic rings. The molecule has 0 N–H and O–H groups in total. The highest BCUT2D eigenvalue weighted by Gasteiger charge is 2.14. The predicted octanol–water partition coefficient (Wildman–Crippen LogP) is 3.46. The van der Waals surface area contributed by atoms with Gasteiger partial charge in [0.25, 0.3) is 5.56 Å². The van der Waals surface area contributed by atoms with Crippen molar-refractivity contribution in [1.29, 1.82) is 0 Å². The Morgan fingerprint density at radius 2 is 2.00 bits per heavy atom. The number of nitrogens with zero attached hydrogens (tertiary/aromatic N) is 2. The van der Waals surface area contributed by atoms with Crippen molar-refractivity contribution in [2.24, 2.45) is 0 Å². The summed E-state index contributed by atoms with van der Waals surface area (Å²) in [5.41, 5.74) is 1.98. The minimum Gasteiger partial charge on any atom is -0.497 e. The van der Waals surface area contributed by atoms with Gasteiger partial charge >= 0.3 is 0 Å². The summed E-state index contributed by atoms with van der Waals surface area (Å²) in [5, 5.41) is 2.71. The van der Waals surface area contributed by atoms with Crippen LogP contribution in [0.15, 0.2) is 34.4 Å². The largest absolute Gasteiger partial charge is 0.497 e. The molecular formula is C16H16N2O2S. The summed E-state index contributed by atoms with van der Waals surface area (Å²) in [5.74, 6) is 1.57. The summed E-state index contributed by atoms with van der Waals surface area (Å²) < 4.78 is 6.88. The van der Waals surface area contributed by atoms with Gasteiger partial charge < -0.3 is 4.74 Å². The topological polar surface area (TPSA) is 44.1 Å². The van der Waals surface area contributed by atoms with E-state index >= 15 is 0 Å². The van der Waals surface area contributed by atoms with E-state index in [2.05, 4.69) is 4.98 Å². The summed E-state index contributed by atoms with van der Waals surface area (Å²) in [6.45, 7) is 4.46. The Balaban J connectivity index is 2.26. The Labute approximate surface area is 126 Å². The molecule has 0 radical (unpaired) electrons. The maximum atomic E-state index is 12.7. The Bertz CT molecular complexity index is 847. The van der Waals surface area contributed by atoms with Gasteiger partial charge in [-0.25, -0.2) is 4.98 Å². The minimum atomic E-state index is 0.0343. The summed E-state index contributed by atoms with van der Waals surface area (Å²) in [6, 6.07) is 7.74. The molecule has 0 bridgehead atoms. The van der Waals surface area contributed by atoms with Crippen LogP contribution in [0.3, 0.4) is 0 Å². The number of rotatable bonds is 3. The van der Waals surface area contributed by atoms with Gasteiger partial charge in [0.15, 0.2) is 0 Å². The lowest BCUT2D eigenvalue weighted by molar-refractivity contribution is 0.415. The normalized spacial score (nSPS) is 11.0. The van der Waals surface area contributed by atoms with Crippen molar-refractivity contribution in [1.82, 2.24) is 9.55 Å². The number of methoxy groups -OCH3 is 1. The molecule has 2 heterocycles. The molecule has 3 aromatic rings. The first kappa shape index (κ1) is 13.8. The van der Waals surface area contributed by atoms with E-state index in [-0.39, 0.29) is 5.56 Å². The number of ether oxygens (including phenoxy) is 1. The Morgan fingerprint density at radius 1 is 1.29 bits per heavy atom. The molecule has 3 rings (SSSR count). The van der Waals surface area contributed by atoms with Gasteiger partial charge in [0.2, 0.25) is 0 Å². The minimum absolute atomic E-state index is 0.0343. The van der Waals surface area contributed by atoms with E-state index in [9.17, 15) is 4.79 Å². The molecule has 0 unspecified atom stereocenters. The Morgan fingerprint density at radius 3 is 2.62 bits per heavy atom. The highest BCUT2D eigenvalue weighted by atomic mass is 32.1. The van der Waals surface area contributed by atoms with Crippen LogP contribution >= 0.6 is 11.3 Å². The van der Waals surface area contributed by atoms with Crippen LogP contribution < -0.4 is 10.3 Å². The van der Waals surface area contributed by atoms with E-state index in [0.29, 0.717) is 11.9 Å². The van der Waals surface area contributed by atoms with Crippen LogP contribution in [0.25, 0.3) is 21.3 Å². The van der Waals surface area contributed by atoms with E-state index in [4.69, 9.17) is 4.74 Å². The maximum Gasteiger partial charge on any atom is 0.262 e. The third-order valence-corrected chi connectivity index (χ3v) is 4.47. The number of hydrogen-bond donors (Lipinski definition) is 0. The first-order valence-corrected chi connectivity index (χ1v) is 7.66. The first-order chi connectivity index (χ1) is 10.2. The second kappa shape index (κ2) is 5.33. The fraction of sp³-hybridized carbons (Fsp3) is 0.250. The van der Waals surface area contributed by atoms with Gasteiger partial charge in [-0.05, 0) is 31.5 Å². The molecule has 0 saturated heterocycles. The van der Waals surface area contributed by atoms with Crippen LogP contribution in [0.2, 0.25) is 0 Å². The number of thiophene rings is 1. The molecule has 1 aromatic carbocycles. The lowest BCUT2D eigenvalue weighted by Gasteiger charge is -2.07. The van der Waals surface area contributed by atoms with Crippen LogP contribution in [0, 0.1) is 6.92 Å². The van der Waals surface area contributed by atoms with E-state index in [1.807, 2.05) is 43.5 Å². The van der Waals surface area contributed by atoms with Crippen LogP contribution in [-0.2, 0) is 6.54 Å². The smallest absolute Gasteiger partial charge is 0.262 e. The summed E-state index contributed by atoms with van der Waals surface area (Å²) in [6.07, 6.45) is 0. The summed E-state index contributed by atoms with van der Waals surface area (Å²) in [4.78, 5) is 18.0. The first-order valence-electron chi connectivity index (χ1n) is 6.78. The van der Waals surface area contributed by atoms with Gasteiger partial charge in [-0.1, -0.05) is 12.1 Å². The molecule has 0 atom stereocenters. The molecule has 0 saturated carbocycles. The SMILES string of the molecule is CCn1c(C)nc2scc(-c3ccc(OC)cc3)c2c1=O. The number of aromatic nitrogens is 2. The zero-order valence-corrected chi connectivity index (χ0v) is 13.0. The standard InChI is InChI=1S/C16H16N2O2S/c1-4-18-10(2)17-15-14(16(18)19)13(9-21-15)11-5-7-12(20-3)8-6-11/h5-9H,4H2,1-3H3. The van der Waals surface area contributed by atoms with E-state index < -0.39 is 0 Å². The lowest BCUT2D eigenvalue weighted by atomic mass is 10.1. The zero-order chi connectivity index (χ0) is 15.0. The molecular weight excluding hydrogens is 284 g/mol. The van der Waals surface area contributed by atoms with Crippen molar-refractivity contribution < 1.29 is 4.74 Å². The van der Waals surface area contributed by atoms with Crippen LogP contribution in [0.5, 0.6) is 5.75 Å². The van der Waals surface area contributed by atoms with Gasteiger partial charge in [-0.3, -0.25) is 9.36 Å². The maximum absolute atomic E-state index is 12.7. The van der Waals surface area contributed by atoms with E-state index in [1.54, 1.807) is 11.7 Å². The molecule has 21 heavy (non-hydrogen) atoms. The van der Waals surface area contributed by atoms with E-state index in [0.717, 1.165) is 27.5 Å². The summed E-state index contributed by atoms with van der Waals surface area (Å²) in [7, 11) is 1.64. The fourth-order valence-corrected chi connectivity index (χ4v) is 3.46. The molecule has 0 amide bonds. The molecule has 0 aliphatic carbocycles. The molecule has 108 valence electrons. The van der Waals surface area contributed by atoms with E-state index in [1.165, 1.54) is 11.3 Å². The second-order valence-corrected chi connectivity index (χ2v) is 5.62. The quantitative estimate of drug-likeness (QED) is 0.744. The molecule has 2 aromatic heterocycles. The third kappa shape index (κ3) is 2.23. The van der Waals surface area contributed by atoms with Crippen molar-refractivity contribution >= 4 is 21.6 Å². The monoisotopic (exact) mass is 300 g/mol. The Kier molecular flexibility index (Phi) is 3.51. The van der Waals surface area contributed by atoms with Crippen LogP contribution in [0.4, 0.5) is 0 Å². The molecule has 5 heteroatoms. The Hall–Kier alpha value is -2.14. The van der Waals surface area contributed by atoms with Crippen molar-refractivity contribution in [2.75, 3.05) is 7.11 Å².